The van der Waals surface area contributed by atoms with Gasteiger partial charge in [-0.2, -0.15) is 0 Å². The number of thiol groups is 1. The molecule has 5 heteroatoms. The van der Waals surface area contributed by atoms with E-state index in [1.165, 1.54) is 31.4 Å². The molecule has 114 valence electrons. The van der Waals surface area contributed by atoms with E-state index in [1.54, 1.807) is 6.07 Å². The molecule has 3 nitrogen and oxygen atoms in total. The number of hydrogen-bond donors (Lipinski definition) is 2. The Bertz CT molecular complexity index is 537. The fraction of sp³-hybridized carbons (Fsp3) is 0.562. The number of nitrogens with zero attached hydrogens (tertiary/aromatic N) is 1. The maximum Gasteiger partial charge on any atom is 0.254 e. The predicted molar refractivity (Wildman–Crippen MR) is 83.3 cm³/mol. The molecule has 3 rings (SSSR count). The lowest BCUT2D eigenvalue weighted by molar-refractivity contribution is 0.0462. The first-order valence-electron chi connectivity index (χ1n) is 7.56. The summed E-state index contributed by atoms with van der Waals surface area (Å²) in [6.45, 7) is 0. The van der Waals surface area contributed by atoms with E-state index in [1.807, 2.05) is 0 Å². The van der Waals surface area contributed by atoms with Gasteiger partial charge >= 0.3 is 0 Å². The molecule has 1 amide bonds. The Hall–Kier alpha value is -1.07. The molecule has 2 atom stereocenters. The Morgan fingerprint density at radius 3 is 2.67 bits per heavy atom. The number of carbonyl (C=O) groups excluding carboxylic acids is 1. The van der Waals surface area contributed by atoms with Crippen LogP contribution < -0.4 is 5.32 Å². The number of amides is 1. The van der Waals surface area contributed by atoms with E-state index in [-0.39, 0.29) is 17.5 Å². The first-order valence-corrected chi connectivity index (χ1v) is 8.00. The van der Waals surface area contributed by atoms with Crippen LogP contribution in [0, 0.1) is 5.82 Å². The van der Waals surface area contributed by atoms with Crippen LogP contribution in [0.1, 0.15) is 42.5 Å². The third-order valence-corrected chi connectivity index (χ3v) is 5.15. The molecular weight excluding hydrogens is 287 g/mol. The summed E-state index contributed by atoms with van der Waals surface area (Å²) in [6, 6.07) is 5.57. The van der Waals surface area contributed by atoms with E-state index in [0.29, 0.717) is 17.0 Å². The minimum Gasteiger partial charge on any atom is -0.349 e. The molecule has 2 aliphatic heterocycles. The van der Waals surface area contributed by atoms with Crippen molar-refractivity contribution in [2.75, 3.05) is 7.05 Å². The van der Waals surface area contributed by atoms with E-state index in [0.717, 1.165) is 12.8 Å². The van der Waals surface area contributed by atoms with Crippen molar-refractivity contribution in [2.45, 2.75) is 55.1 Å². The van der Waals surface area contributed by atoms with Gasteiger partial charge in [-0.15, -0.1) is 12.6 Å². The Balaban J connectivity index is 1.69. The summed E-state index contributed by atoms with van der Waals surface area (Å²) in [5, 5.41) is 3.01. The van der Waals surface area contributed by atoms with E-state index in [9.17, 15) is 9.18 Å². The molecule has 2 saturated heterocycles. The highest BCUT2D eigenvalue weighted by Gasteiger charge is 2.36. The van der Waals surface area contributed by atoms with Crippen molar-refractivity contribution in [3.05, 3.63) is 29.6 Å². The molecule has 2 unspecified atom stereocenters. The van der Waals surface area contributed by atoms with Crippen molar-refractivity contribution >= 4 is 18.5 Å². The normalized spacial score (nSPS) is 29.2. The largest absolute Gasteiger partial charge is 0.349 e. The molecule has 1 aromatic rings. The molecule has 2 bridgehead atoms. The van der Waals surface area contributed by atoms with E-state index < -0.39 is 5.82 Å². The van der Waals surface area contributed by atoms with Crippen LogP contribution in [0.3, 0.4) is 0 Å². The molecule has 2 fully saturated rings. The summed E-state index contributed by atoms with van der Waals surface area (Å²) in [5.74, 6) is -0.811. The summed E-state index contributed by atoms with van der Waals surface area (Å²) in [5.41, 5.74) is 0.0894. The average molecular weight is 308 g/mol. The molecule has 21 heavy (non-hydrogen) atoms. The van der Waals surface area contributed by atoms with Gasteiger partial charge in [-0.05, 0) is 50.9 Å². The Morgan fingerprint density at radius 2 is 2.00 bits per heavy atom. The van der Waals surface area contributed by atoms with Crippen LogP contribution in [0.2, 0.25) is 0 Å². The third-order valence-electron chi connectivity index (χ3n) is 4.87. The van der Waals surface area contributed by atoms with Crippen LogP contribution in [0.15, 0.2) is 23.1 Å². The van der Waals surface area contributed by atoms with E-state index in [2.05, 4.69) is 29.9 Å². The molecule has 1 aromatic carbocycles. The van der Waals surface area contributed by atoms with Crippen molar-refractivity contribution < 1.29 is 9.18 Å². The van der Waals surface area contributed by atoms with E-state index >= 15 is 0 Å². The Labute approximate surface area is 130 Å². The van der Waals surface area contributed by atoms with Gasteiger partial charge < -0.3 is 10.2 Å². The zero-order chi connectivity index (χ0) is 15.0. The summed E-state index contributed by atoms with van der Waals surface area (Å²) in [4.78, 5) is 15.3. The van der Waals surface area contributed by atoms with Gasteiger partial charge in [-0.3, -0.25) is 4.79 Å². The van der Waals surface area contributed by atoms with Crippen molar-refractivity contribution in [3.8, 4) is 0 Å². The minimum absolute atomic E-state index is 0.0894. The first kappa shape index (κ1) is 14.9. The molecular formula is C16H21FN2OS. The molecule has 1 N–H and O–H groups in total. The zero-order valence-corrected chi connectivity index (χ0v) is 13.1. The summed E-state index contributed by atoms with van der Waals surface area (Å²) in [7, 11) is 2.18. The highest BCUT2D eigenvalue weighted by molar-refractivity contribution is 7.80. The maximum absolute atomic E-state index is 13.8. The first-order chi connectivity index (χ1) is 10.0. The lowest BCUT2D eigenvalue weighted by atomic mass is 9.82. The Kier molecular flexibility index (Phi) is 4.22. The van der Waals surface area contributed by atoms with Gasteiger partial charge in [0.1, 0.15) is 5.82 Å². The summed E-state index contributed by atoms with van der Waals surface area (Å²) >= 11 is 4.17. The number of piperidine rings is 2. The average Bonchev–Trinajstić information content (AvgIpc) is 2.42. The van der Waals surface area contributed by atoms with Crippen LogP contribution in [-0.4, -0.2) is 36.0 Å². The fourth-order valence-corrected chi connectivity index (χ4v) is 3.89. The predicted octanol–water partition coefficient (Wildman–Crippen LogP) is 2.86. The lowest BCUT2D eigenvalue weighted by Gasteiger charge is -2.47. The number of halogens is 1. The second-order valence-electron chi connectivity index (χ2n) is 6.21. The van der Waals surface area contributed by atoms with Crippen LogP contribution in [0.25, 0.3) is 0 Å². The van der Waals surface area contributed by atoms with Gasteiger partial charge in [0.2, 0.25) is 0 Å². The number of benzene rings is 1. The maximum atomic E-state index is 13.8. The fourth-order valence-electron chi connectivity index (χ4n) is 3.68. The molecule has 0 aliphatic carbocycles. The van der Waals surface area contributed by atoms with Crippen LogP contribution in [-0.2, 0) is 0 Å². The topological polar surface area (TPSA) is 32.3 Å². The third kappa shape index (κ3) is 3.09. The van der Waals surface area contributed by atoms with Gasteiger partial charge in [0.15, 0.2) is 0 Å². The molecule has 2 aliphatic rings. The van der Waals surface area contributed by atoms with Crippen molar-refractivity contribution in [3.63, 3.8) is 0 Å². The van der Waals surface area contributed by atoms with Crippen molar-refractivity contribution in [2.24, 2.45) is 0 Å². The number of carbonyl (C=O) groups is 1. The van der Waals surface area contributed by atoms with Crippen LogP contribution >= 0.6 is 12.6 Å². The highest BCUT2D eigenvalue weighted by atomic mass is 32.1. The minimum atomic E-state index is -0.488. The van der Waals surface area contributed by atoms with Gasteiger partial charge in [-0.1, -0.05) is 6.42 Å². The molecule has 2 heterocycles. The molecule has 0 radical (unpaired) electrons. The van der Waals surface area contributed by atoms with Gasteiger partial charge in [0, 0.05) is 23.0 Å². The molecule has 0 saturated carbocycles. The summed E-state index contributed by atoms with van der Waals surface area (Å²) in [6.07, 6.45) is 5.58. The van der Waals surface area contributed by atoms with Gasteiger partial charge in [0.05, 0.1) is 5.56 Å². The SMILES string of the molecule is CN1C2CCCC1CC(NC(=O)c1cc(S)ccc1F)C2. The standard InChI is InChI=1S/C16H21FN2OS/c1-19-11-3-2-4-12(19)8-10(7-11)18-16(20)14-9-13(21)5-6-15(14)17/h5-6,9-12,21H,2-4,7-8H2,1H3,(H,18,20). The molecule has 0 spiro atoms. The van der Waals surface area contributed by atoms with Crippen molar-refractivity contribution in [1.29, 1.82) is 0 Å². The van der Waals surface area contributed by atoms with Crippen LogP contribution in [0.4, 0.5) is 4.39 Å². The molecule has 0 aromatic heterocycles. The number of rotatable bonds is 2. The van der Waals surface area contributed by atoms with E-state index in [4.69, 9.17) is 0 Å². The monoisotopic (exact) mass is 308 g/mol. The van der Waals surface area contributed by atoms with Gasteiger partial charge in [-0.25, -0.2) is 4.39 Å². The quantitative estimate of drug-likeness (QED) is 0.824. The zero-order valence-electron chi connectivity index (χ0n) is 12.2. The second-order valence-corrected chi connectivity index (χ2v) is 6.73. The number of hydrogen-bond acceptors (Lipinski definition) is 3. The van der Waals surface area contributed by atoms with Gasteiger partial charge in [0.25, 0.3) is 5.91 Å². The summed E-state index contributed by atoms with van der Waals surface area (Å²) < 4.78 is 13.8. The lowest BCUT2D eigenvalue weighted by Crippen LogP contribution is -2.55. The smallest absolute Gasteiger partial charge is 0.254 e. The Morgan fingerprint density at radius 1 is 1.33 bits per heavy atom. The van der Waals surface area contributed by atoms with Crippen molar-refractivity contribution in [1.82, 2.24) is 10.2 Å². The highest BCUT2D eigenvalue weighted by Crippen LogP contribution is 2.32. The number of fused-ring (bicyclic) bond motifs is 2. The second kappa shape index (κ2) is 5.97. The number of nitrogens with one attached hydrogen (secondary N) is 1. The van der Waals surface area contributed by atoms with Crippen LogP contribution in [0.5, 0.6) is 0 Å².